The normalized spacial score (nSPS) is 13.4. The number of para-hydroxylation sites is 2. The molecule has 2 heteroatoms. The lowest BCUT2D eigenvalue weighted by molar-refractivity contribution is 0.767. The van der Waals surface area contributed by atoms with Crippen LogP contribution >= 0.6 is 0 Å². The van der Waals surface area contributed by atoms with Crippen LogP contribution in [0.2, 0.25) is 0 Å². The smallest absolute Gasteiger partial charge is 0.0714 e. The van der Waals surface area contributed by atoms with Crippen molar-refractivity contribution in [3.8, 4) is 22.3 Å². The zero-order valence-corrected chi connectivity index (χ0v) is 49.5. The van der Waals surface area contributed by atoms with E-state index in [-0.39, 0.29) is 0 Å². The molecule has 0 saturated carbocycles. The van der Waals surface area contributed by atoms with E-state index in [1.807, 2.05) is 0 Å². The van der Waals surface area contributed by atoms with Gasteiger partial charge in [0, 0.05) is 22.1 Å². The summed E-state index contributed by atoms with van der Waals surface area (Å²) in [5, 5.41) is 7.36. The Kier molecular flexibility index (Phi) is 11.7. The van der Waals surface area contributed by atoms with Gasteiger partial charge in [-0.1, -0.05) is 243 Å². The average molecular weight is 1100 g/mol. The third-order valence-corrected chi connectivity index (χ3v) is 19.3. The Balaban J connectivity index is 0.940. The van der Waals surface area contributed by atoms with E-state index in [2.05, 4.69) is 330 Å². The van der Waals surface area contributed by atoms with Crippen molar-refractivity contribution in [2.45, 2.75) is 52.4 Å². The fourth-order valence-electron chi connectivity index (χ4n) is 15.9. The van der Waals surface area contributed by atoms with Crippen LogP contribution in [0.1, 0.15) is 77.9 Å². The predicted octanol–water partition coefficient (Wildman–Crippen LogP) is 22.1. The average Bonchev–Trinajstić information content (AvgIpc) is 1.46. The number of anilines is 6. The lowest BCUT2D eigenvalue weighted by Crippen LogP contribution is -2.29. The monoisotopic (exact) mass is 1100 g/mol. The number of nitrogens with zero attached hydrogens (tertiary/aromatic N) is 2. The lowest BCUT2D eigenvalue weighted by Gasteiger charge is -2.36. The van der Waals surface area contributed by atoms with E-state index in [0.717, 1.165) is 22.7 Å². The summed E-state index contributed by atoms with van der Waals surface area (Å²) < 4.78 is 0. The summed E-state index contributed by atoms with van der Waals surface area (Å²) in [6, 6.07) is 106. The van der Waals surface area contributed by atoms with Gasteiger partial charge in [-0.15, -0.1) is 0 Å². The third-order valence-electron chi connectivity index (χ3n) is 19.3. The third kappa shape index (κ3) is 7.39. The van der Waals surface area contributed by atoms with Crippen LogP contribution in [0.3, 0.4) is 0 Å². The van der Waals surface area contributed by atoms with E-state index in [4.69, 9.17) is 0 Å². The fourth-order valence-corrected chi connectivity index (χ4v) is 15.9. The molecule has 86 heavy (non-hydrogen) atoms. The summed E-state index contributed by atoms with van der Waals surface area (Å²) in [5.41, 5.74) is 28.5. The Hall–Kier alpha value is -10.3. The summed E-state index contributed by atoms with van der Waals surface area (Å²) in [7, 11) is 0. The highest BCUT2D eigenvalue weighted by Gasteiger charge is 2.48. The molecule has 0 heterocycles. The zero-order valence-electron chi connectivity index (χ0n) is 49.5. The maximum Gasteiger partial charge on any atom is 0.0714 e. The standard InChI is InChI=1S/C84H64N2/c1-53-47-63(83(61-27-9-7-10-28-61)73-35-17-13-31-67(73)68-32-14-18-36-74(68)83)51-65(49-53)85(81-55(3)23-21-24-56(81)4)77-45-41-59-40-44-72-78(46-42-60-39-43-71(77)79(59)80(60)72)86(82-57(5)25-22-26-58(82)6)66-50-54(2)48-64(52-66)84(62-29-11-8-12-30-62)75-37-19-15-33-69(75)70-34-16-20-38-76(70)84/h7-52H,1-6H3. The summed E-state index contributed by atoms with van der Waals surface area (Å²) in [4.78, 5) is 5.16. The molecule has 14 aromatic carbocycles. The molecule has 2 nitrogen and oxygen atoms in total. The molecule has 16 rings (SSSR count). The van der Waals surface area contributed by atoms with Crippen LogP contribution in [-0.4, -0.2) is 0 Å². The number of hydrogen-bond donors (Lipinski definition) is 0. The van der Waals surface area contributed by atoms with Crippen molar-refractivity contribution in [1.29, 1.82) is 0 Å². The van der Waals surface area contributed by atoms with Crippen LogP contribution in [0.4, 0.5) is 34.1 Å². The van der Waals surface area contributed by atoms with Gasteiger partial charge in [0.2, 0.25) is 0 Å². The molecule has 2 aliphatic carbocycles. The molecule has 0 atom stereocenters. The topological polar surface area (TPSA) is 6.48 Å². The first kappa shape index (κ1) is 51.4. The first-order chi connectivity index (χ1) is 42.1. The predicted molar refractivity (Wildman–Crippen MR) is 363 cm³/mol. The SMILES string of the molecule is Cc1cc(N(c2c(C)cccc2C)c2ccc3ccc4c(N(c5cc(C)cc(C6(c7ccccc7)c7ccccc7-c7ccccc76)c5)c5c(C)cccc5C)ccc5ccc2c3c54)cc(C2(c3ccccc3)c3ccccc3-c3ccccc32)c1. The minimum Gasteiger partial charge on any atom is -0.309 e. The molecule has 0 saturated heterocycles. The van der Waals surface area contributed by atoms with Crippen LogP contribution < -0.4 is 9.80 Å². The van der Waals surface area contributed by atoms with Crippen molar-refractivity contribution in [1.82, 2.24) is 0 Å². The van der Waals surface area contributed by atoms with E-state index in [1.165, 1.54) is 144 Å². The van der Waals surface area contributed by atoms with E-state index in [0.29, 0.717) is 0 Å². The number of hydrogen-bond acceptors (Lipinski definition) is 2. The van der Waals surface area contributed by atoms with Gasteiger partial charge in [-0.2, -0.15) is 0 Å². The van der Waals surface area contributed by atoms with Crippen LogP contribution in [0.15, 0.2) is 279 Å². The second-order valence-electron chi connectivity index (χ2n) is 24.3. The summed E-state index contributed by atoms with van der Waals surface area (Å²) in [6.45, 7) is 13.6. The quantitative estimate of drug-likeness (QED) is 0.126. The summed E-state index contributed by atoms with van der Waals surface area (Å²) in [6.07, 6.45) is 0. The number of benzene rings is 14. The fraction of sp³-hybridized carbons (Fsp3) is 0.0952. The number of rotatable bonds is 10. The first-order valence-corrected chi connectivity index (χ1v) is 30.3. The maximum atomic E-state index is 2.58. The Labute approximate surface area is 504 Å². The van der Waals surface area contributed by atoms with Crippen molar-refractivity contribution >= 4 is 66.4 Å². The summed E-state index contributed by atoms with van der Waals surface area (Å²) in [5.74, 6) is 0. The second-order valence-corrected chi connectivity index (χ2v) is 24.3. The van der Waals surface area contributed by atoms with Gasteiger partial charge in [-0.3, -0.25) is 0 Å². The zero-order chi connectivity index (χ0) is 58.0. The van der Waals surface area contributed by atoms with Gasteiger partial charge in [0.1, 0.15) is 0 Å². The minimum atomic E-state index is -0.561. The highest BCUT2D eigenvalue weighted by Crippen LogP contribution is 2.60. The van der Waals surface area contributed by atoms with Crippen molar-refractivity contribution in [2.24, 2.45) is 0 Å². The molecule has 0 amide bonds. The molecule has 2 aliphatic rings. The van der Waals surface area contributed by atoms with Gasteiger partial charge in [-0.25, -0.2) is 0 Å². The molecule has 0 unspecified atom stereocenters. The molecule has 0 aromatic heterocycles. The number of aryl methyl sites for hydroxylation is 6. The van der Waals surface area contributed by atoms with Crippen LogP contribution in [0, 0.1) is 41.5 Å². The first-order valence-electron chi connectivity index (χ1n) is 30.3. The van der Waals surface area contributed by atoms with Crippen LogP contribution in [0.5, 0.6) is 0 Å². The van der Waals surface area contributed by atoms with Gasteiger partial charge in [0.25, 0.3) is 0 Å². The van der Waals surface area contributed by atoms with Gasteiger partial charge in [0.15, 0.2) is 0 Å². The minimum absolute atomic E-state index is 0.561. The molecule has 14 aromatic rings. The van der Waals surface area contributed by atoms with Gasteiger partial charge in [-0.05, 0) is 200 Å². The molecule has 410 valence electrons. The van der Waals surface area contributed by atoms with Gasteiger partial charge in [0.05, 0.1) is 33.6 Å². The Morgan fingerprint density at radius 3 is 0.919 bits per heavy atom. The van der Waals surface area contributed by atoms with E-state index < -0.39 is 10.8 Å². The molecule has 0 aliphatic heterocycles. The molecule has 0 fully saturated rings. The van der Waals surface area contributed by atoms with Gasteiger partial charge >= 0.3 is 0 Å². The molecular formula is C84H64N2. The lowest BCUT2D eigenvalue weighted by atomic mass is 9.67. The Morgan fingerprint density at radius 1 is 0.256 bits per heavy atom. The van der Waals surface area contributed by atoms with E-state index in [9.17, 15) is 0 Å². The largest absolute Gasteiger partial charge is 0.309 e. The molecule has 0 bridgehead atoms. The van der Waals surface area contributed by atoms with Crippen molar-refractivity contribution < 1.29 is 0 Å². The van der Waals surface area contributed by atoms with Crippen molar-refractivity contribution in [2.75, 3.05) is 9.80 Å². The number of fused-ring (bicyclic) bond motifs is 6. The van der Waals surface area contributed by atoms with Crippen molar-refractivity contribution in [3.05, 3.63) is 357 Å². The van der Waals surface area contributed by atoms with Crippen LogP contribution in [-0.2, 0) is 10.8 Å². The highest BCUT2D eigenvalue weighted by atomic mass is 15.2. The van der Waals surface area contributed by atoms with Crippen molar-refractivity contribution in [3.63, 3.8) is 0 Å². The second kappa shape index (κ2) is 19.7. The summed E-state index contributed by atoms with van der Waals surface area (Å²) >= 11 is 0. The molecule has 0 N–H and O–H groups in total. The van der Waals surface area contributed by atoms with Crippen LogP contribution in [0.25, 0.3) is 54.6 Å². The van der Waals surface area contributed by atoms with E-state index in [1.54, 1.807) is 0 Å². The van der Waals surface area contributed by atoms with E-state index >= 15 is 0 Å². The molecule has 0 spiro atoms. The molecular weight excluding hydrogens is 1040 g/mol. The Bertz CT molecular complexity index is 4580. The maximum absolute atomic E-state index is 2.58. The van der Waals surface area contributed by atoms with Gasteiger partial charge < -0.3 is 9.80 Å². The molecule has 0 radical (unpaired) electrons. The highest BCUT2D eigenvalue weighted by molar-refractivity contribution is 6.28. The Morgan fingerprint density at radius 2 is 0.570 bits per heavy atom.